The zero-order valence-electron chi connectivity index (χ0n) is 8.48. The quantitative estimate of drug-likeness (QED) is 0.897. The van der Waals surface area contributed by atoms with E-state index in [1.54, 1.807) is 11.3 Å². The summed E-state index contributed by atoms with van der Waals surface area (Å²) in [4.78, 5) is 0. The first-order chi connectivity index (χ1) is 7.20. The summed E-state index contributed by atoms with van der Waals surface area (Å²) in [6.07, 6.45) is 0. The number of thioether (sulfide) groups is 2. The van der Waals surface area contributed by atoms with Crippen molar-refractivity contribution < 1.29 is 0 Å². The lowest BCUT2D eigenvalue weighted by molar-refractivity contribution is 0.663. The van der Waals surface area contributed by atoms with Gasteiger partial charge in [0.2, 0.25) is 0 Å². The van der Waals surface area contributed by atoms with Crippen molar-refractivity contribution in [2.75, 3.05) is 11.5 Å². The van der Waals surface area contributed by atoms with Crippen molar-refractivity contribution in [3.8, 4) is 0 Å². The first kappa shape index (κ1) is 12.3. The molecule has 2 heterocycles. The highest BCUT2D eigenvalue weighted by atomic mass is 79.9. The number of rotatable bonds is 2. The van der Waals surface area contributed by atoms with Gasteiger partial charge in [-0.1, -0.05) is 6.92 Å². The molecule has 0 aromatic carbocycles. The van der Waals surface area contributed by atoms with E-state index in [1.807, 2.05) is 23.5 Å². The molecule has 0 amide bonds. The van der Waals surface area contributed by atoms with Crippen molar-refractivity contribution in [2.24, 2.45) is 5.73 Å². The fraction of sp³-hybridized carbons (Fsp3) is 0.600. The fourth-order valence-corrected chi connectivity index (χ4v) is 6.23. The van der Waals surface area contributed by atoms with Crippen molar-refractivity contribution in [1.29, 1.82) is 0 Å². The molecule has 1 aromatic rings. The monoisotopic (exact) mass is 323 g/mol. The summed E-state index contributed by atoms with van der Waals surface area (Å²) in [7, 11) is 0. The molecule has 0 radical (unpaired) electrons. The van der Waals surface area contributed by atoms with Crippen LogP contribution in [0.1, 0.15) is 18.5 Å². The van der Waals surface area contributed by atoms with Gasteiger partial charge in [-0.05, 0) is 26.9 Å². The van der Waals surface area contributed by atoms with Gasteiger partial charge < -0.3 is 5.73 Å². The largest absolute Gasteiger partial charge is 0.323 e. The van der Waals surface area contributed by atoms with Crippen LogP contribution in [0.5, 0.6) is 0 Å². The molecule has 1 aromatic heterocycles. The number of thiophene rings is 1. The number of nitrogens with two attached hydrogens (primary N) is 1. The molecule has 84 valence electrons. The van der Waals surface area contributed by atoms with Crippen LogP contribution in [0.15, 0.2) is 15.2 Å². The van der Waals surface area contributed by atoms with Crippen LogP contribution < -0.4 is 5.73 Å². The Balaban J connectivity index is 2.13. The molecule has 0 aliphatic carbocycles. The molecule has 1 nitrogen and oxygen atoms in total. The van der Waals surface area contributed by atoms with E-state index in [4.69, 9.17) is 5.73 Å². The van der Waals surface area contributed by atoms with E-state index in [9.17, 15) is 0 Å². The molecule has 3 unspecified atom stereocenters. The van der Waals surface area contributed by atoms with Gasteiger partial charge >= 0.3 is 0 Å². The van der Waals surface area contributed by atoms with Crippen LogP contribution in [0.25, 0.3) is 0 Å². The molecule has 1 fully saturated rings. The third-order valence-corrected chi connectivity index (χ3v) is 7.56. The molecule has 0 spiro atoms. The Morgan fingerprint density at radius 3 is 2.73 bits per heavy atom. The lowest BCUT2D eigenvalue weighted by Crippen LogP contribution is -2.34. The third-order valence-electron chi connectivity index (χ3n) is 2.59. The van der Waals surface area contributed by atoms with Gasteiger partial charge in [0.1, 0.15) is 0 Å². The summed E-state index contributed by atoms with van der Waals surface area (Å²) in [5, 5.41) is 5.49. The summed E-state index contributed by atoms with van der Waals surface area (Å²) >= 11 is 9.35. The van der Waals surface area contributed by atoms with Crippen LogP contribution in [0.3, 0.4) is 0 Å². The first-order valence-corrected chi connectivity index (χ1v) is 8.74. The summed E-state index contributed by atoms with van der Waals surface area (Å²) in [6.45, 7) is 2.29. The van der Waals surface area contributed by atoms with Gasteiger partial charge in [0.05, 0.1) is 0 Å². The Hall–Kier alpha value is 0.840. The zero-order chi connectivity index (χ0) is 10.8. The molecule has 15 heavy (non-hydrogen) atoms. The highest BCUT2D eigenvalue weighted by Gasteiger charge is 2.30. The zero-order valence-corrected chi connectivity index (χ0v) is 12.5. The molecule has 2 rings (SSSR count). The Bertz CT molecular complexity index is 328. The molecule has 1 aliphatic rings. The normalized spacial score (nSPS) is 29.0. The minimum absolute atomic E-state index is 0.165. The molecule has 1 saturated heterocycles. The van der Waals surface area contributed by atoms with Gasteiger partial charge in [-0.25, -0.2) is 0 Å². The standard InChI is InChI=1S/C10H14BrNS3/c1-6-10(15-3-2-14-6)9(12)7-4-13-5-8(7)11/h4-6,9-10H,2-3,12H2,1H3. The highest BCUT2D eigenvalue weighted by molar-refractivity contribution is 9.10. The van der Waals surface area contributed by atoms with Crippen LogP contribution in [0.4, 0.5) is 0 Å². The van der Waals surface area contributed by atoms with Gasteiger partial charge in [-0.15, -0.1) is 0 Å². The van der Waals surface area contributed by atoms with E-state index < -0.39 is 0 Å². The Morgan fingerprint density at radius 2 is 2.13 bits per heavy atom. The smallest absolute Gasteiger partial charge is 0.0445 e. The first-order valence-electron chi connectivity index (χ1n) is 4.90. The molecule has 2 N–H and O–H groups in total. The van der Waals surface area contributed by atoms with Crippen LogP contribution in [-0.2, 0) is 0 Å². The van der Waals surface area contributed by atoms with Crippen molar-refractivity contribution >= 4 is 50.8 Å². The Kier molecular flexibility index (Phi) is 4.47. The van der Waals surface area contributed by atoms with Gasteiger partial charge in [0.15, 0.2) is 0 Å². The van der Waals surface area contributed by atoms with E-state index >= 15 is 0 Å². The average Bonchev–Trinajstić information content (AvgIpc) is 2.64. The summed E-state index contributed by atoms with van der Waals surface area (Å²) < 4.78 is 1.17. The van der Waals surface area contributed by atoms with Crippen LogP contribution in [0.2, 0.25) is 0 Å². The van der Waals surface area contributed by atoms with E-state index in [0.717, 1.165) is 0 Å². The molecule has 3 atom stereocenters. The second kappa shape index (κ2) is 5.45. The van der Waals surface area contributed by atoms with Gasteiger partial charge in [-0.2, -0.15) is 34.9 Å². The van der Waals surface area contributed by atoms with Gasteiger partial charge in [-0.3, -0.25) is 0 Å². The fourth-order valence-electron chi connectivity index (χ4n) is 1.75. The predicted octanol–water partition coefficient (Wildman–Crippen LogP) is 3.75. The van der Waals surface area contributed by atoms with E-state index in [-0.39, 0.29) is 6.04 Å². The number of hydrogen-bond donors (Lipinski definition) is 1. The number of hydrogen-bond acceptors (Lipinski definition) is 4. The SMILES string of the molecule is CC1SCCSC1C(N)c1cscc1Br. The van der Waals surface area contributed by atoms with E-state index in [1.165, 1.54) is 21.5 Å². The van der Waals surface area contributed by atoms with Crippen LogP contribution in [-0.4, -0.2) is 22.0 Å². The molecular weight excluding hydrogens is 310 g/mol. The van der Waals surface area contributed by atoms with Gasteiger partial charge in [0, 0.05) is 37.9 Å². The maximum absolute atomic E-state index is 6.35. The van der Waals surface area contributed by atoms with Crippen LogP contribution in [0, 0.1) is 0 Å². The predicted molar refractivity (Wildman–Crippen MR) is 77.1 cm³/mol. The summed E-state index contributed by atoms with van der Waals surface area (Å²) in [5.74, 6) is 2.50. The maximum atomic E-state index is 6.35. The Labute approximate surface area is 112 Å². The number of halogens is 1. The average molecular weight is 324 g/mol. The van der Waals surface area contributed by atoms with Gasteiger partial charge in [0.25, 0.3) is 0 Å². The van der Waals surface area contributed by atoms with Crippen molar-refractivity contribution in [3.05, 3.63) is 20.8 Å². The second-order valence-corrected chi connectivity index (χ2v) is 7.98. The highest BCUT2D eigenvalue weighted by Crippen LogP contribution is 2.39. The summed E-state index contributed by atoms with van der Waals surface area (Å²) in [6, 6.07) is 0.165. The van der Waals surface area contributed by atoms with Crippen molar-refractivity contribution in [2.45, 2.75) is 23.5 Å². The van der Waals surface area contributed by atoms with Crippen molar-refractivity contribution in [1.82, 2.24) is 0 Å². The summed E-state index contributed by atoms with van der Waals surface area (Å²) in [5.41, 5.74) is 7.62. The molecule has 1 aliphatic heterocycles. The minimum atomic E-state index is 0.165. The topological polar surface area (TPSA) is 26.0 Å². The van der Waals surface area contributed by atoms with E-state index in [2.05, 4.69) is 33.6 Å². The van der Waals surface area contributed by atoms with Crippen LogP contribution >= 0.6 is 50.8 Å². The molecular formula is C10H14BrNS3. The molecule has 0 bridgehead atoms. The maximum Gasteiger partial charge on any atom is 0.0445 e. The van der Waals surface area contributed by atoms with Crippen molar-refractivity contribution in [3.63, 3.8) is 0 Å². The Morgan fingerprint density at radius 1 is 1.40 bits per heavy atom. The third kappa shape index (κ3) is 2.75. The minimum Gasteiger partial charge on any atom is -0.323 e. The lowest BCUT2D eigenvalue weighted by Gasteiger charge is -2.32. The lowest BCUT2D eigenvalue weighted by atomic mass is 10.1. The molecule has 5 heteroatoms. The second-order valence-electron chi connectivity index (χ2n) is 3.61. The van der Waals surface area contributed by atoms with E-state index in [0.29, 0.717) is 10.5 Å². The molecule has 0 saturated carbocycles.